The van der Waals surface area contributed by atoms with Crippen LogP contribution in [0.2, 0.25) is 0 Å². The van der Waals surface area contributed by atoms with Crippen LogP contribution in [0.1, 0.15) is 30.4 Å². The van der Waals surface area contributed by atoms with Gasteiger partial charge in [-0.15, -0.1) is 0 Å². The summed E-state index contributed by atoms with van der Waals surface area (Å²) in [5, 5.41) is 14.8. The van der Waals surface area contributed by atoms with Crippen molar-refractivity contribution < 1.29 is 0 Å². The highest BCUT2D eigenvalue weighted by molar-refractivity contribution is 6.13. The molecule has 0 spiro atoms. The number of rotatable bonds is 0. The molecule has 0 aromatic heterocycles. The van der Waals surface area contributed by atoms with Crippen LogP contribution >= 0.6 is 0 Å². The second-order valence-corrected chi connectivity index (χ2v) is 6.71. The molecular weight excluding hydrogens is 290 g/mol. The molecule has 0 amide bonds. The van der Waals surface area contributed by atoms with Crippen LogP contribution in [0, 0.1) is 11.3 Å². The molecule has 0 saturated heterocycles. The standard InChI is InChI=1S/C23H17N/c24-14-18-5-3-7-21-19(18)13-12-17-11-10-16-9-8-15-4-1-2-6-20(15)22(16)23(17)21/h1-2,4-6,8-11H,3,7,12-13H2. The van der Waals surface area contributed by atoms with E-state index < -0.39 is 0 Å². The van der Waals surface area contributed by atoms with Crippen molar-refractivity contribution in [3.8, 4) is 6.07 Å². The van der Waals surface area contributed by atoms with Crippen molar-refractivity contribution >= 4 is 27.1 Å². The van der Waals surface area contributed by atoms with Crippen LogP contribution in [0.3, 0.4) is 0 Å². The lowest BCUT2D eigenvalue weighted by Gasteiger charge is -2.28. The lowest BCUT2D eigenvalue weighted by Crippen LogP contribution is -2.10. The molecule has 5 rings (SSSR count). The summed E-state index contributed by atoms with van der Waals surface area (Å²) in [5.41, 5.74) is 6.45. The Morgan fingerprint density at radius 3 is 2.54 bits per heavy atom. The molecule has 0 saturated carbocycles. The summed E-state index contributed by atoms with van der Waals surface area (Å²) in [5.74, 6) is 0. The molecule has 1 heteroatoms. The predicted molar refractivity (Wildman–Crippen MR) is 99.6 cm³/mol. The second kappa shape index (κ2) is 5.08. The van der Waals surface area contributed by atoms with Crippen molar-refractivity contribution in [2.24, 2.45) is 0 Å². The van der Waals surface area contributed by atoms with Gasteiger partial charge in [-0.1, -0.05) is 54.6 Å². The largest absolute Gasteiger partial charge is 0.192 e. The SMILES string of the molecule is N#CC1=CCCC2=C1CCc1ccc3ccc4ccccc4c3c12. The average Bonchev–Trinajstić information content (AvgIpc) is 2.66. The van der Waals surface area contributed by atoms with Gasteiger partial charge in [0, 0.05) is 0 Å². The van der Waals surface area contributed by atoms with Gasteiger partial charge < -0.3 is 0 Å². The molecule has 2 aliphatic carbocycles. The topological polar surface area (TPSA) is 23.8 Å². The number of aryl methyl sites for hydroxylation is 1. The minimum atomic E-state index is 0.902. The zero-order valence-electron chi connectivity index (χ0n) is 13.5. The monoisotopic (exact) mass is 307 g/mol. The van der Waals surface area contributed by atoms with Crippen LogP contribution in [0.15, 0.2) is 65.8 Å². The van der Waals surface area contributed by atoms with E-state index in [0.29, 0.717) is 0 Å². The number of nitriles is 1. The van der Waals surface area contributed by atoms with Crippen molar-refractivity contribution in [3.63, 3.8) is 0 Å². The lowest BCUT2D eigenvalue weighted by atomic mass is 9.76. The van der Waals surface area contributed by atoms with Gasteiger partial charge >= 0.3 is 0 Å². The maximum absolute atomic E-state index is 9.51. The molecule has 2 aliphatic rings. The van der Waals surface area contributed by atoms with E-state index in [0.717, 1.165) is 31.3 Å². The Hall–Kier alpha value is -2.85. The zero-order chi connectivity index (χ0) is 16.1. The summed E-state index contributed by atoms with van der Waals surface area (Å²) in [7, 11) is 0. The third-order valence-electron chi connectivity index (χ3n) is 5.50. The van der Waals surface area contributed by atoms with Crippen LogP contribution in [0.5, 0.6) is 0 Å². The third kappa shape index (κ3) is 1.80. The Balaban J connectivity index is 1.95. The first-order chi connectivity index (χ1) is 11.9. The van der Waals surface area contributed by atoms with Crippen molar-refractivity contribution in [1.82, 2.24) is 0 Å². The van der Waals surface area contributed by atoms with Gasteiger partial charge in [-0.3, -0.25) is 0 Å². The minimum absolute atomic E-state index is 0.902. The van der Waals surface area contributed by atoms with E-state index in [1.165, 1.54) is 43.8 Å². The van der Waals surface area contributed by atoms with E-state index >= 15 is 0 Å². The quantitative estimate of drug-likeness (QED) is 0.472. The Bertz CT molecular complexity index is 1110. The first kappa shape index (κ1) is 13.6. The molecule has 24 heavy (non-hydrogen) atoms. The third-order valence-corrected chi connectivity index (χ3v) is 5.50. The number of allylic oxidation sites excluding steroid dienone is 4. The highest BCUT2D eigenvalue weighted by Gasteiger charge is 2.25. The molecule has 0 fully saturated rings. The summed E-state index contributed by atoms with van der Waals surface area (Å²) in [6.45, 7) is 0. The van der Waals surface area contributed by atoms with Gasteiger partial charge in [0.1, 0.15) is 0 Å². The van der Waals surface area contributed by atoms with Gasteiger partial charge in [-0.2, -0.15) is 5.26 Å². The molecule has 0 unspecified atom stereocenters. The first-order valence-corrected chi connectivity index (χ1v) is 8.63. The number of hydrogen-bond acceptors (Lipinski definition) is 1. The van der Waals surface area contributed by atoms with E-state index in [1.54, 1.807) is 0 Å². The van der Waals surface area contributed by atoms with E-state index in [-0.39, 0.29) is 0 Å². The average molecular weight is 307 g/mol. The van der Waals surface area contributed by atoms with E-state index in [9.17, 15) is 5.26 Å². The summed E-state index contributed by atoms with van der Waals surface area (Å²) in [6, 6.07) is 20.1. The number of nitrogens with zero attached hydrogens (tertiary/aromatic N) is 1. The predicted octanol–water partition coefficient (Wildman–Crippen LogP) is 5.94. The Labute approximate surface area is 141 Å². The van der Waals surface area contributed by atoms with Crippen molar-refractivity contribution in [1.29, 1.82) is 5.26 Å². The Morgan fingerprint density at radius 2 is 1.62 bits per heavy atom. The van der Waals surface area contributed by atoms with Gasteiger partial charge in [0.15, 0.2) is 0 Å². The van der Waals surface area contributed by atoms with Crippen LogP contribution in [0.25, 0.3) is 27.1 Å². The molecule has 114 valence electrons. The van der Waals surface area contributed by atoms with Crippen molar-refractivity contribution in [3.05, 3.63) is 76.9 Å². The van der Waals surface area contributed by atoms with Crippen molar-refractivity contribution in [2.45, 2.75) is 25.7 Å². The summed E-state index contributed by atoms with van der Waals surface area (Å²) in [6.07, 6.45) is 6.18. The highest BCUT2D eigenvalue weighted by atomic mass is 14.3. The molecule has 0 bridgehead atoms. The molecule has 0 N–H and O–H groups in total. The van der Waals surface area contributed by atoms with Crippen LogP contribution in [0.4, 0.5) is 0 Å². The molecule has 3 aromatic rings. The fourth-order valence-corrected chi connectivity index (χ4v) is 4.43. The number of hydrogen-bond donors (Lipinski definition) is 0. The lowest BCUT2D eigenvalue weighted by molar-refractivity contribution is 0.889. The van der Waals surface area contributed by atoms with Gasteiger partial charge in [-0.25, -0.2) is 0 Å². The molecule has 0 aliphatic heterocycles. The molecule has 0 atom stereocenters. The van der Waals surface area contributed by atoms with Gasteiger partial charge in [0.2, 0.25) is 0 Å². The number of fused-ring (bicyclic) bond motifs is 6. The van der Waals surface area contributed by atoms with Gasteiger partial charge in [0.25, 0.3) is 0 Å². The summed E-state index contributed by atoms with van der Waals surface area (Å²) in [4.78, 5) is 0. The highest BCUT2D eigenvalue weighted by Crippen LogP contribution is 2.44. The fourth-order valence-electron chi connectivity index (χ4n) is 4.43. The minimum Gasteiger partial charge on any atom is -0.192 e. The van der Waals surface area contributed by atoms with Crippen LogP contribution in [-0.4, -0.2) is 0 Å². The van der Waals surface area contributed by atoms with E-state index in [1.807, 2.05) is 0 Å². The van der Waals surface area contributed by atoms with E-state index in [2.05, 4.69) is 60.7 Å². The van der Waals surface area contributed by atoms with E-state index in [4.69, 9.17) is 0 Å². The number of benzene rings is 3. The molecular formula is C23H17N. The maximum atomic E-state index is 9.51. The van der Waals surface area contributed by atoms with Crippen molar-refractivity contribution in [2.75, 3.05) is 0 Å². The Kier molecular flexibility index (Phi) is 2.87. The molecule has 0 radical (unpaired) electrons. The smallest absolute Gasteiger partial charge is 0.0991 e. The normalized spacial score (nSPS) is 16.5. The summed E-state index contributed by atoms with van der Waals surface area (Å²) < 4.78 is 0. The molecule has 0 heterocycles. The van der Waals surface area contributed by atoms with Gasteiger partial charge in [0.05, 0.1) is 11.6 Å². The zero-order valence-corrected chi connectivity index (χ0v) is 13.5. The van der Waals surface area contributed by atoms with Crippen LogP contribution < -0.4 is 0 Å². The van der Waals surface area contributed by atoms with Gasteiger partial charge in [-0.05, 0) is 69.5 Å². The first-order valence-electron chi connectivity index (χ1n) is 8.63. The Morgan fingerprint density at radius 1 is 0.792 bits per heavy atom. The summed E-state index contributed by atoms with van der Waals surface area (Å²) >= 11 is 0. The maximum Gasteiger partial charge on any atom is 0.0991 e. The van der Waals surface area contributed by atoms with Crippen LogP contribution in [-0.2, 0) is 6.42 Å². The fraction of sp³-hybridized carbons (Fsp3) is 0.174. The second-order valence-electron chi connectivity index (χ2n) is 6.71. The molecule has 1 nitrogen and oxygen atoms in total. The molecule has 3 aromatic carbocycles.